The highest BCUT2D eigenvalue weighted by Gasteiger charge is 2.27. The highest BCUT2D eigenvalue weighted by atomic mass is 15.2. The molecule has 1 saturated heterocycles. The largest absolute Gasteiger partial charge is 0.326 e. The van der Waals surface area contributed by atoms with Crippen LogP contribution in [-0.4, -0.2) is 23.5 Å². The summed E-state index contributed by atoms with van der Waals surface area (Å²) in [4.78, 5) is 2.46. The molecular weight excluding hydrogens is 172 g/mol. The Balaban J connectivity index is 1.99. The fourth-order valence-electron chi connectivity index (χ4n) is 2.07. The Morgan fingerprint density at radius 2 is 2.07 bits per heavy atom. The maximum atomic E-state index is 5.98. The Kier molecular flexibility index (Phi) is 2.85. The SMILES string of the molecule is C[C@H]1[C@H](N)CCN1Cc1ccccc1. The third kappa shape index (κ3) is 1.97. The van der Waals surface area contributed by atoms with Gasteiger partial charge in [0.2, 0.25) is 0 Å². The third-order valence-corrected chi connectivity index (χ3v) is 3.17. The van der Waals surface area contributed by atoms with Crippen molar-refractivity contribution in [2.24, 2.45) is 5.73 Å². The highest BCUT2D eigenvalue weighted by molar-refractivity contribution is 5.15. The summed E-state index contributed by atoms with van der Waals surface area (Å²) in [6, 6.07) is 11.5. The third-order valence-electron chi connectivity index (χ3n) is 3.17. The lowest BCUT2D eigenvalue weighted by molar-refractivity contribution is 0.252. The molecule has 14 heavy (non-hydrogen) atoms. The molecule has 0 spiro atoms. The summed E-state index contributed by atoms with van der Waals surface area (Å²) < 4.78 is 0. The van der Waals surface area contributed by atoms with Gasteiger partial charge in [0.25, 0.3) is 0 Å². The molecule has 1 aromatic rings. The zero-order valence-electron chi connectivity index (χ0n) is 8.69. The van der Waals surface area contributed by atoms with Crippen LogP contribution in [0.15, 0.2) is 30.3 Å². The average molecular weight is 190 g/mol. The van der Waals surface area contributed by atoms with Crippen LogP contribution >= 0.6 is 0 Å². The monoisotopic (exact) mass is 190 g/mol. The molecule has 0 aliphatic carbocycles. The van der Waals surface area contributed by atoms with Crippen LogP contribution < -0.4 is 5.73 Å². The summed E-state index contributed by atoms with van der Waals surface area (Å²) in [6.07, 6.45) is 1.13. The minimum Gasteiger partial charge on any atom is -0.326 e. The molecule has 76 valence electrons. The number of likely N-dealkylation sites (tertiary alicyclic amines) is 1. The van der Waals surface area contributed by atoms with Crippen LogP contribution in [0.25, 0.3) is 0 Å². The Labute approximate surface area is 85.7 Å². The lowest BCUT2D eigenvalue weighted by atomic mass is 10.1. The van der Waals surface area contributed by atoms with Gasteiger partial charge >= 0.3 is 0 Å². The van der Waals surface area contributed by atoms with Gasteiger partial charge in [-0.2, -0.15) is 0 Å². The highest BCUT2D eigenvalue weighted by Crippen LogP contribution is 2.18. The Morgan fingerprint density at radius 1 is 1.36 bits per heavy atom. The average Bonchev–Trinajstić information content (AvgIpc) is 2.52. The van der Waals surface area contributed by atoms with Gasteiger partial charge in [-0.3, -0.25) is 4.90 Å². The fourth-order valence-corrected chi connectivity index (χ4v) is 2.07. The standard InChI is InChI=1S/C12H18N2/c1-10-12(13)7-8-14(10)9-11-5-3-2-4-6-11/h2-6,10,12H,7-9,13H2,1H3/t10-,12+/m0/s1. The van der Waals surface area contributed by atoms with E-state index in [2.05, 4.69) is 42.2 Å². The first-order chi connectivity index (χ1) is 6.77. The van der Waals surface area contributed by atoms with Crippen molar-refractivity contribution in [1.82, 2.24) is 4.90 Å². The zero-order valence-corrected chi connectivity index (χ0v) is 8.69. The van der Waals surface area contributed by atoms with E-state index in [1.54, 1.807) is 0 Å². The maximum Gasteiger partial charge on any atom is 0.0237 e. The van der Waals surface area contributed by atoms with Gasteiger partial charge in [0, 0.05) is 25.2 Å². The summed E-state index contributed by atoms with van der Waals surface area (Å²) in [6.45, 7) is 4.40. The summed E-state index contributed by atoms with van der Waals surface area (Å²) in [7, 11) is 0. The van der Waals surface area contributed by atoms with Gasteiger partial charge < -0.3 is 5.73 Å². The molecule has 0 radical (unpaired) electrons. The molecule has 1 fully saturated rings. The number of nitrogens with zero attached hydrogens (tertiary/aromatic N) is 1. The molecule has 0 saturated carbocycles. The molecule has 2 nitrogen and oxygen atoms in total. The van der Waals surface area contributed by atoms with Gasteiger partial charge in [0.05, 0.1) is 0 Å². The molecule has 2 heteroatoms. The Hall–Kier alpha value is -0.860. The van der Waals surface area contributed by atoms with E-state index in [0.29, 0.717) is 12.1 Å². The van der Waals surface area contributed by atoms with E-state index in [0.717, 1.165) is 19.5 Å². The summed E-state index contributed by atoms with van der Waals surface area (Å²) in [5.74, 6) is 0. The second kappa shape index (κ2) is 4.11. The first kappa shape index (κ1) is 9.69. The van der Waals surface area contributed by atoms with Crippen molar-refractivity contribution < 1.29 is 0 Å². The quantitative estimate of drug-likeness (QED) is 0.767. The number of nitrogens with two attached hydrogens (primary N) is 1. The number of benzene rings is 1. The van der Waals surface area contributed by atoms with Crippen molar-refractivity contribution in [2.45, 2.75) is 32.0 Å². The molecule has 1 aliphatic heterocycles. The molecule has 0 amide bonds. The lowest BCUT2D eigenvalue weighted by Gasteiger charge is -2.22. The van der Waals surface area contributed by atoms with Crippen LogP contribution in [0.4, 0.5) is 0 Å². The zero-order chi connectivity index (χ0) is 9.97. The van der Waals surface area contributed by atoms with E-state index < -0.39 is 0 Å². The minimum absolute atomic E-state index is 0.360. The van der Waals surface area contributed by atoms with E-state index >= 15 is 0 Å². The first-order valence-corrected chi connectivity index (χ1v) is 5.31. The second-order valence-corrected chi connectivity index (χ2v) is 4.15. The molecule has 2 atom stereocenters. The van der Waals surface area contributed by atoms with E-state index in [9.17, 15) is 0 Å². The van der Waals surface area contributed by atoms with Crippen LogP contribution in [0.3, 0.4) is 0 Å². The minimum atomic E-state index is 0.360. The van der Waals surface area contributed by atoms with Crippen molar-refractivity contribution in [2.75, 3.05) is 6.54 Å². The molecule has 1 aromatic carbocycles. The Morgan fingerprint density at radius 3 is 2.64 bits per heavy atom. The van der Waals surface area contributed by atoms with Crippen molar-refractivity contribution in [3.05, 3.63) is 35.9 Å². The second-order valence-electron chi connectivity index (χ2n) is 4.15. The fraction of sp³-hybridized carbons (Fsp3) is 0.500. The predicted molar refractivity (Wildman–Crippen MR) is 58.9 cm³/mol. The van der Waals surface area contributed by atoms with Crippen molar-refractivity contribution in [3.63, 3.8) is 0 Å². The van der Waals surface area contributed by atoms with Gasteiger partial charge in [0.1, 0.15) is 0 Å². The van der Waals surface area contributed by atoms with E-state index in [1.807, 2.05) is 0 Å². The van der Waals surface area contributed by atoms with Crippen molar-refractivity contribution in [3.8, 4) is 0 Å². The molecule has 0 unspecified atom stereocenters. The van der Waals surface area contributed by atoms with E-state index in [4.69, 9.17) is 5.73 Å². The van der Waals surface area contributed by atoms with Gasteiger partial charge in [-0.1, -0.05) is 30.3 Å². The maximum absolute atomic E-state index is 5.98. The van der Waals surface area contributed by atoms with E-state index in [-0.39, 0.29) is 0 Å². The topological polar surface area (TPSA) is 29.3 Å². The predicted octanol–water partition coefficient (Wildman–Crippen LogP) is 1.61. The summed E-state index contributed by atoms with van der Waals surface area (Å²) >= 11 is 0. The van der Waals surface area contributed by atoms with Crippen LogP contribution in [0.2, 0.25) is 0 Å². The molecule has 0 aromatic heterocycles. The molecule has 1 heterocycles. The van der Waals surface area contributed by atoms with Crippen molar-refractivity contribution in [1.29, 1.82) is 0 Å². The molecule has 1 aliphatic rings. The Bertz CT molecular complexity index is 284. The number of hydrogen-bond acceptors (Lipinski definition) is 2. The molecule has 2 rings (SSSR count). The molecular formula is C12H18N2. The molecule has 0 bridgehead atoms. The van der Waals surface area contributed by atoms with Crippen molar-refractivity contribution >= 4 is 0 Å². The van der Waals surface area contributed by atoms with Crippen LogP contribution in [0, 0.1) is 0 Å². The van der Waals surface area contributed by atoms with Crippen LogP contribution in [0.1, 0.15) is 18.9 Å². The summed E-state index contributed by atoms with van der Waals surface area (Å²) in [5, 5.41) is 0. The van der Waals surface area contributed by atoms with Gasteiger partial charge in [-0.05, 0) is 18.9 Å². The van der Waals surface area contributed by atoms with Gasteiger partial charge in [0.15, 0.2) is 0 Å². The van der Waals surface area contributed by atoms with Crippen LogP contribution in [0.5, 0.6) is 0 Å². The van der Waals surface area contributed by atoms with E-state index in [1.165, 1.54) is 5.56 Å². The van der Waals surface area contributed by atoms with Gasteiger partial charge in [-0.15, -0.1) is 0 Å². The number of hydrogen-bond donors (Lipinski definition) is 1. The smallest absolute Gasteiger partial charge is 0.0237 e. The van der Waals surface area contributed by atoms with Crippen LogP contribution in [-0.2, 0) is 6.54 Å². The molecule has 2 N–H and O–H groups in total. The first-order valence-electron chi connectivity index (χ1n) is 5.31. The lowest BCUT2D eigenvalue weighted by Crippen LogP contribution is -2.36. The normalized spacial score (nSPS) is 28.1. The summed E-state index contributed by atoms with van der Waals surface area (Å²) in [5.41, 5.74) is 7.36. The number of rotatable bonds is 2. The van der Waals surface area contributed by atoms with Gasteiger partial charge in [-0.25, -0.2) is 0 Å².